The summed E-state index contributed by atoms with van der Waals surface area (Å²) < 4.78 is 59.6. The van der Waals surface area contributed by atoms with Crippen LogP contribution >= 0.6 is 0 Å². The minimum atomic E-state index is -4.57. The SMILES string of the molecule is COc1ccc(-c2ccc(CN3Cc4[nH]c(-c5ccccc5F)nc4C=N3)nn2)c(C(F)(F)F)c1. The molecule has 11 heteroatoms. The number of alkyl halides is 3. The average molecular weight is 482 g/mol. The summed E-state index contributed by atoms with van der Waals surface area (Å²) in [6.07, 6.45) is -3.01. The van der Waals surface area contributed by atoms with Crippen LogP contribution < -0.4 is 4.74 Å². The first-order valence-electron chi connectivity index (χ1n) is 10.5. The van der Waals surface area contributed by atoms with Crippen molar-refractivity contribution in [3.05, 3.63) is 83.1 Å². The number of benzene rings is 2. The molecule has 1 aliphatic heterocycles. The van der Waals surface area contributed by atoms with E-state index in [1.54, 1.807) is 35.5 Å². The lowest BCUT2D eigenvalue weighted by molar-refractivity contribution is -0.137. The molecule has 0 unspecified atom stereocenters. The summed E-state index contributed by atoms with van der Waals surface area (Å²) in [4.78, 5) is 7.54. The van der Waals surface area contributed by atoms with Crippen molar-refractivity contribution in [2.45, 2.75) is 19.3 Å². The Morgan fingerprint density at radius 1 is 1.03 bits per heavy atom. The summed E-state index contributed by atoms with van der Waals surface area (Å²) in [7, 11) is 1.31. The molecule has 0 saturated carbocycles. The van der Waals surface area contributed by atoms with E-state index in [-0.39, 0.29) is 29.4 Å². The van der Waals surface area contributed by atoms with Crippen molar-refractivity contribution in [1.82, 2.24) is 25.2 Å². The Bertz CT molecular complexity index is 1400. The molecular formula is C24H18F4N6O. The molecule has 5 rings (SSSR count). The van der Waals surface area contributed by atoms with Crippen LogP contribution in [-0.4, -0.2) is 38.5 Å². The second-order valence-corrected chi connectivity index (χ2v) is 7.82. The van der Waals surface area contributed by atoms with E-state index in [9.17, 15) is 17.6 Å². The lowest BCUT2D eigenvalue weighted by Crippen LogP contribution is -2.22. The van der Waals surface area contributed by atoms with Gasteiger partial charge in [0.25, 0.3) is 0 Å². The number of fused-ring (bicyclic) bond motifs is 1. The maximum atomic E-state index is 14.1. The molecule has 3 heterocycles. The van der Waals surface area contributed by atoms with Crippen LogP contribution in [-0.2, 0) is 19.3 Å². The number of hydrogen-bond donors (Lipinski definition) is 1. The maximum absolute atomic E-state index is 14.1. The number of hydrogen-bond acceptors (Lipinski definition) is 6. The van der Waals surface area contributed by atoms with Gasteiger partial charge in [0.2, 0.25) is 0 Å². The number of hydrazone groups is 1. The van der Waals surface area contributed by atoms with E-state index in [0.29, 0.717) is 29.3 Å². The van der Waals surface area contributed by atoms with E-state index in [0.717, 1.165) is 11.8 Å². The van der Waals surface area contributed by atoms with Crippen LogP contribution in [0.3, 0.4) is 0 Å². The molecule has 35 heavy (non-hydrogen) atoms. The fourth-order valence-corrected chi connectivity index (χ4v) is 3.77. The van der Waals surface area contributed by atoms with Gasteiger partial charge in [-0.1, -0.05) is 12.1 Å². The molecule has 1 N–H and O–H groups in total. The van der Waals surface area contributed by atoms with Crippen LogP contribution in [0.25, 0.3) is 22.6 Å². The van der Waals surface area contributed by atoms with E-state index < -0.39 is 11.7 Å². The Morgan fingerprint density at radius 2 is 1.86 bits per heavy atom. The molecule has 2 aromatic carbocycles. The predicted octanol–water partition coefficient (Wildman–Crippen LogP) is 5.05. The van der Waals surface area contributed by atoms with Gasteiger partial charge in [-0.3, -0.25) is 5.01 Å². The smallest absolute Gasteiger partial charge is 0.417 e. The number of H-pyrrole nitrogens is 1. The molecule has 2 aromatic heterocycles. The standard InChI is InChI=1S/C24H18F4N6O/c1-35-15-7-8-16(18(10-15)24(26,27)28)20-9-6-14(32-33-20)12-34-13-22-21(11-29-34)30-23(31-22)17-4-2-3-5-19(17)25/h2-11H,12-13H2,1H3,(H,30,31). The monoisotopic (exact) mass is 482 g/mol. The minimum absolute atomic E-state index is 0.0869. The van der Waals surface area contributed by atoms with Crippen LogP contribution in [0.1, 0.15) is 22.6 Å². The van der Waals surface area contributed by atoms with E-state index in [4.69, 9.17) is 4.74 Å². The zero-order valence-electron chi connectivity index (χ0n) is 18.3. The second-order valence-electron chi connectivity index (χ2n) is 7.82. The summed E-state index contributed by atoms with van der Waals surface area (Å²) in [6.45, 7) is 0.638. The lowest BCUT2D eigenvalue weighted by Gasteiger charge is -2.21. The number of aromatic amines is 1. The van der Waals surface area contributed by atoms with Crippen molar-refractivity contribution >= 4 is 6.21 Å². The highest BCUT2D eigenvalue weighted by Gasteiger charge is 2.34. The molecule has 4 aromatic rings. The number of ether oxygens (including phenoxy) is 1. The summed E-state index contributed by atoms with van der Waals surface area (Å²) in [6, 6.07) is 13.1. The number of imidazole rings is 1. The zero-order chi connectivity index (χ0) is 24.6. The van der Waals surface area contributed by atoms with Crippen molar-refractivity contribution < 1.29 is 22.3 Å². The Labute approximate surface area is 197 Å². The molecule has 0 saturated heterocycles. The number of methoxy groups -OCH3 is 1. The highest BCUT2D eigenvalue weighted by molar-refractivity contribution is 5.80. The topological polar surface area (TPSA) is 79.3 Å². The Balaban J connectivity index is 1.33. The van der Waals surface area contributed by atoms with Crippen molar-refractivity contribution in [3.63, 3.8) is 0 Å². The number of nitrogens with zero attached hydrogens (tertiary/aromatic N) is 5. The van der Waals surface area contributed by atoms with E-state index >= 15 is 0 Å². The van der Waals surface area contributed by atoms with Crippen molar-refractivity contribution in [3.8, 4) is 28.4 Å². The third-order valence-corrected chi connectivity index (χ3v) is 5.50. The van der Waals surface area contributed by atoms with Gasteiger partial charge in [0.15, 0.2) is 0 Å². The summed E-state index contributed by atoms with van der Waals surface area (Å²) in [5, 5.41) is 14.1. The Kier molecular flexibility index (Phi) is 5.67. The molecule has 7 nitrogen and oxygen atoms in total. The van der Waals surface area contributed by atoms with Gasteiger partial charge >= 0.3 is 6.18 Å². The molecule has 1 aliphatic rings. The van der Waals surface area contributed by atoms with E-state index in [1.165, 1.54) is 31.4 Å². The van der Waals surface area contributed by atoms with Crippen molar-refractivity contribution in [2.24, 2.45) is 5.10 Å². The van der Waals surface area contributed by atoms with Gasteiger partial charge in [0.1, 0.15) is 23.1 Å². The first kappa shape index (κ1) is 22.5. The van der Waals surface area contributed by atoms with Gasteiger partial charge in [0, 0.05) is 5.56 Å². The average Bonchev–Trinajstić information content (AvgIpc) is 3.27. The highest BCUT2D eigenvalue weighted by Crippen LogP contribution is 2.38. The number of rotatable bonds is 5. The van der Waals surface area contributed by atoms with Crippen LogP contribution in [0.4, 0.5) is 17.6 Å². The van der Waals surface area contributed by atoms with Gasteiger partial charge in [-0.25, -0.2) is 9.37 Å². The van der Waals surface area contributed by atoms with Gasteiger partial charge in [-0.05, 0) is 42.5 Å². The molecule has 178 valence electrons. The van der Waals surface area contributed by atoms with Gasteiger partial charge < -0.3 is 9.72 Å². The third-order valence-electron chi connectivity index (χ3n) is 5.50. The second kappa shape index (κ2) is 8.82. The minimum Gasteiger partial charge on any atom is -0.497 e. The third kappa shape index (κ3) is 4.57. The summed E-state index contributed by atoms with van der Waals surface area (Å²) in [5.41, 5.74) is 1.41. The number of halogens is 4. The quantitative estimate of drug-likeness (QED) is 0.403. The van der Waals surface area contributed by atoms with Crippen molar-refractivity contribution in [2.75, 3.05) is 7.11 Å². The van der Waals surface area contributed by atoms with E-state index in [2.05, 4.69) is 25.3 Å². The molecule has 0 spiro atoms. The van der Waals surface area contributed by atoms with Crippen LogP contribution in [0.15, 0.2) is 59.7 Å². The Morgan fingerprint density at radius 3 is 2.57 bits per heavy atom. The fraction of sp³-hybridized carbons (Fsp3) is 0.167. The molecular weight excluding hydrogens is 464 g/mol. The fourth-order valence-electron chi connectivity index (χ4n) is 3.77. The Hall–Kier alpha value is -4.28. The number of nitrogens with one attached hydrogen (secondary N) is 1. The van der Waals surface area contributed by atoms with Gasteiger partial charge in [-0.2, -0.15) is 28.5 Å². The number of aromatic nitrogens is 4. The van der Waals surface area contributed by atoms with E-state index in [1.807, 2.05) is 0 Å². The molecule has 0 aliphatic carbocycles. The van der Waals surface area contributed by atoms with Gasteiger partial charge in [0.05, 0.1) is 54.6 Å². The highest BCUT2D eigenvalue weighted by atomic mass is 19.4. The normalized spacial score (nSPS) is 13.1. The van der Waals surface area contributed by atoms with Gasteiger partial charge in [-0.15, -0.1) is 0 Å². The van der Waals surface area contributed by atoms with Crippen LogP contribution in [0.5, 0.6) is 5.75 Å². The first-order chi connectivity index (χ1) is 16.8. The van der Waals surface area contributed by atoms with Crippen LogP contribution in [0.2, 0.25) is 0 Å². The molecule has 0 bridgehead atoms. The summed E-state index contributed by atoms with van der Waals surface area (Å²) in [5.74, 6) is 0.128. The zero-order valence-corrected chi connectivity index (χ0v) is 18.3. The first-order valence-corrected chi connectivity index (χ1v) is 10.5. The largest absolute Gasteiger partial charge is 0.497 e. The van der Waals surface area contributed by atoms with Crippen molar-refractivity contribution in [1.29, 1.82) is 0 Å². The molecule has 0 fully saturated rings. The van der Waals surface area contributed by atoms with Crippen LogP contribution in [0, 0.1) is 5.82 Å². The summed E-state index contributed by atoms with van der Waals surface area (Å²) >= 11 is 0. The molecule has 0 atom stereocenters. The molecule has 0 amide bonds. The molecule has 0 radical (unpaired) electrons. The maximum Gasteiger partial charge on any atom is 0.417 e. The predicted molar refractivity (Wildman–Crippen MR) is 120 cm³/mol. The lowest BCUT2D eigenvalue weighted by atomic mass is 10.0.